The van der Waals surface area contributed by atoms with E-state index in [4.69, 9.17) is 40.5 Å². The minimum absolute atomic E-state index is 0.0268. The zero-order valence-electron chi connectivity index (χ0n) is 11.5. The normalized spacial score (nSPS) is 12.4. The molecule has 0 fully saturated rings. The Morgan fingerprint density at radius 3 is 2.13 bits per heavy atom. The van der Waals surface area contributed by atoms with Crippen LogP contribution in [0.2, 0.25) is 15.1 Å². The summed E-state index contributed by atoms with van der Waals surface area (Å²) in [5.41, 5.74) is 5.71. The topological polar surface area (TPSA) is 72.5 Å². The number of halogens is 3. The highest BCUT2D eigenvalue weighted by Gasteiger charge is 2.15. The van der Waals surface area contributed by atoms with Gasteiger partial charge in [0.25, 0.3) is 10.0 Å². The van der Waals surface area contributed by atoms with Crippen LogP contribution in [0.25, 0.3) is 0 Å². The van der Waals surface area contributed by atoms with Gasteiger partial charge in [0.15, 0.2) is 0 Å². The van der Waals surface area contributed by atoms with Gasteiger partial charge in [-0.3, -0.25) is 0 Å². The lowest BCUT2D eigenvalue weighted by atomic mass is 10.4. The Morgan fingerprint density at radius 2 is 1.57 bits per heavy atom. The van der Waals surface area contributed by atoms with Crippen LogP contribution in [0.3, 0.4) is 0 Å². The van der Waals surface area contributed by atoms with Gasteiger partial charge >= 0.3 is 0 Å². The van der Waals surface area contributed by atoms with Crippen LogP contribution in [0, 0.1) is 0 Å². The van der Waals surface area contributed by atoms with Gasteiger partial charge in [0.2, 0.25) is 0 Å². The molecule has 122 valence electrons. The summed E-state index contributed by atoms with van der Waals surface area (Å²) >= 11 is 18.8. The first-order chi connectivity index (χ1) is 10.8. The molecule has 0 amide bonds. The summed E-state index contributed by atoms with van der Waals surface area (Å²) in [6, 6.07) is 11.1. The standard InChI is InChI=1S/C14H11Cl3N2O2S2/c15-9-1-3-12(4-2-9)22-8-14(18)19-23(20,21)13-6-10(16)5-11(17)7-13/h1-7H,8H2,(H2,18,19). The molecule has 4 nitrogen and oxygen atoms in total. The van der Waals surface area contributed by atoms with Gasteiger partial charge in [0, 0.05) is 20.0 Å². The first-order valence-electron chi connectivity index (χ1n) is 6.20. The Bertz CT molecular complexity index is 817. The van der Waals surface area contributed by atoms with Gasteiger partial charge < -0.3 is 5.73 Å². The molecule has 0 bridgehead atoms. The van der Waals surface area contributed by atoms with Crippen molar-refractivity contribution in [2.45, 2.75) is 9.79 Å². The van der Waals surface area contributed by atoms with Gasteiger partial charge in [0.05, 0.1) is 10.6 Å². The molecule has 2 rings (SSSR count). The lowest BCUT2D eigenvalue weighted by Crippen LogP contribution is -2.17. The van der Waals surface area contributed by atoms with Crippen LogP contribution in [-0.2, 0) is 10.0 Å². The second-order valence-corrected chi connectivity index (χ2v) is 8.37. The number of nitrogens with two attached hydrogens (primary N) is 1. The number of thioether (sulfide) groups is 1. The molecular weight excluding hydrogens is 399 g/mol. The summed E-state index contributed by atoms with van der Waals surface area (Å²) in [7, 11) is -3.96. The molecule has 0 heterocycles. The fraction of sp³-hybridized carbons (Fsp3) is 0.0714. The molecule has 2 N–H and O–H groups in total. The molecule has 0 aromatic heterocycles. The third-order valence-corrected chi connectivity index (χ3v) is 5.61. The van der Waals surface area contributed by atoms with E-state index < -0.39 is 10.0 Å². The first kappa shape index (κ1) is 18.4. The highest BCUT2D eigenvalue weighted by Crippen LogP contribution is 2.24. The van der Waals surface area contributed by atoms with Crippen molar-refractivity contribution in [3.05, 3.63) is 57.5 Å². The van der Waals surface area contributed by atoms with E-state index in [2.05, 4.69) is 4.40 Å². The number of benzene rings is 2. The monoisotopic (exact) mass is 408 g/mol. The zero-order chi connectivity index (χ0) is 17.0. The fourth-order valence-corrected chi connectivity index (χ4v) is 4.20. The fourth-order valence-electron chi connectivity index (χ4n) is 1.60. The Labute approximate surface area is 153 Å². The third kappa shape index (κ3) is 5.58. The number of amidine groups is 1. The highest BCUT2D eigenvalue weighted by molar-refractivity contribution is 8.00. The Balaban J connectivity index is 2.13. The number of hydrogen-bond acceptors (Lipinski definition) is 3. The molecule has 0 aliphatic carbocycles. The van der Waals surface area contributed by atoms with Crippen molar-refractivity contribution in [1.82, 2.24) is 0 Å². The van der Waals surface area contributed by atoms with E-state index in [1.807, 2.05) is 12.1 Å². The van der Waals surface area contributed by atoms with Crippen LogP contribution in [0.4, 0.5) is 0 Å². The summed E-state index contributed by atoms with van der Waals surface area (Å²) in [6.45, 7) is 0. The van der Waals surface area contributed by atoms with E-state index in [-0.39, 0.29) is 26.5 Å². The van der Waals surface area contributed by atoms with Gasteiger partial charge in [-0.1, -0.05) is 34.8 Å². The summed E-state index contributed by atoms with van der Waals surface area (Å²) < 4.78 is 28.0. The van der Waals surface area contributed by atoms with Crippen LogP contribution in [0.15, 0.2) is 56.7 Å². The quantitative estimate of drug-likeness (QED) is 0.449. The summed E-state index contributed by atoms with van der Waals surface area (Å²) in [5.74, 6) is 0.191. The van der Waals surface area contributed by atoms with Crippen molar-refractivity contribution in [1.29, 1.82) is 0 Å². The van der Waals surface area contributed by atoms with Crippen LogP contribution in [0.1, 0.15) is 0 Å². The summed E-state index contributed by atoms with van der Waals surface area (Å²) in [5, 5.41) is 1.04. The number of rotatable bonds is 5. The number of hydrogen-bond donors (Lipinski definition) is 1. The largest absolute Gasteiger partial charge is 0.386 e. The molecule has 0 aliphatic rings. The molecule has 0 spiro atoms. The molecular formula is C14H11Cl3N2O2S2. The van der Waals surface area contributed by atoms with Gasteiger partial charge in [0.1, 0.15) is 5.84 Å². The van der Waals surface area contributed by atoms with Crippen LogP contribution >= 0.6 is 46.6 Å². The van der Waals surface area contributed by atoms with E-state index in [0.717, 1.165) is 4.90 Å². The molecule has 2 aromatic carbocycles. The number of sulfonamides is 1. The Morgan fingerprint density at radius 1 is 1.00 bits per heavy atom. The van der Waals surface area contributed by atoms with E-state index in [1.54, 1.807) is 12.1 Å². The first-order valence-corrected chi connectivity index (χ1v) is 9.76. The Hall–Kier alpha value is -0.920. The van der Waals surface area contributed by atoms with Gasteiger partial charge in [-0.15, -0.1) is 16.2 Å². The SMILES string of the molecule is N/C(CSc1ccc(Cl)cc1)=N\S(=O)(=O)c1cc(Cl)cc(Cl)c1. The lowest BCUT2D eigenvalue weighted by Gasteiger charge is -2.04. The van der Waals surface area contributed by atoms with Crippen LogP contribution in [0.5, 0.6) is 0 Å². The van der Waals surface area contributed by atoms with E-state index in [9.17, 15) is 8.42 Å². The predicted octanol–water partition coefficient (Wildman–Crippen LogP) is 4.49. The molecule has 0 unspecified atom stereocenters. The second-order valence-electron chi connectivity index (χ2n) is 4.41. The molecule has 0 saturated carbocycles. The van der Waals surface area contributed by atoms with Gasteiger partial charge in [-0.2, -0.15) is 8.42 Å². The highest BCUT2D eigenvalue weighted by atomic mass is 35.5. The van der Waals surface area contributed by atoms with Crippen molar-refractivity contribution in [2.75, 3.05) is 5.75 Å². The van der Waals surface area contributed by atoms with E-state index in [1.165, 1.54) is 30.0 Å². The van der Waals surface area contributed by atoms with Crippen molar-refractivity contribution in [2.24, 2.45) is 10.1 Å². The maximum absolute atomic E-state index is 12.2. The van der Waals surface area contributed by atoms with Crippen molar-refractivity contribution < 1.29 is 8.42 Å². The maximum atomic E-state index is 12.2. The average molecular weight is 410 g/mol. The Kier molecular flexibility index (Phi) is 6.22. The summed E-state index contributed by atoms with van der Waals surface area (Å²) in [6.07, 6.45) is 0. The minimum Gasteiger partial charge on any atom is -0.386 e. The van der Waals surface area contributed by atoms with Crippen molar-refractivity contribution in [3.63, 3.8) is 0 Å². The molecule has 9 heteroatoms. The van der Waals surface area contributed by atoms with Crippen LogP contribution in [-0.4, -0.2) is 20.0 Å². The average Bonchev–Trinajstić information content (AvgIpc) is 2.45. The van der Waals surface area contributed by atoms with Crippen molar-refractivity contribution >= 4 is 62.4 Å². The molecule has 0 atom stereocenters. The molecule has 0 saturated heterocycles. The lowest BCUT2D eigenvalue weighted by molar-refractivity contribution is 0.598. The van der Waals surface area contributed by atoms with E-state index in [0.29, 0.717) is 5.02 Å². The minimum atomic E-state index is -3.96. The van der Waals surface area contributed by atoms with E-state index >= 15 is 0 Å². The van der Waals surface area contributed by atoms with Gasteiger partial charge in [-0.05, 0) is 42.5 Å². The molecule has 23 heavy (non-hydrogen) atoms. The van der Waals surface area contributed by atoms with Gasteiger partial charge in [-0.25, -0.2) is 0 Å². The van der Waals surface area contributed by atoms with Crippen LogP contribution < -0.4 is 5.73 Å². The van der Waals surface area contributed by atoms with Crippen molar-refractivity contribution in [3.8, 4) is 0 Å². The zero-order valence-corrected chi connectivity index (χ0v) is 15.4. The molecule has 0 aliphatic heterocycles. The smallest absolute Gasteiger partial charge is 0.284 e. The number of nitrogens with zero attached hydrogens (tertiary/aromatic N) is 1. The predicted molar refractivity (Wildman–Crippen MR) is 97.4 cm³/mol. The maximum Gasteiger partial charge on any atom is 0.284 e. The second kappa shape index (κ2) is 7.77. The third-order valence-electron chi connectivity index (χ3n) is 2.57. The summed E-state index contributed by atoms with van der Waals surface area (Å²) in [4.78, 5) is 0.796. The molecule has 0 radical (unpaired) electrons. The molecule has 2 aromatic rings.